The molecular formula is C18H18Cl2N2O3. The molecule has 0 saturated carbocycles. The van der Waals surface area contributed by atoms with Crippen molar-refractivity contribution < 1.29 is 14.3 Å². The molecule has 0 aliphatic heterocycles. The van der Waals surface area contributed by atoms with Crippen molar-refractivity contribution in [1.29, 1.82) is 0 Å². The molecule has 0 fully saturated rings. The average Bonchev–Trinajstić information content (AvgIpc) is 2.58. The van der Waals surface area contributed by atoms with Gasteiger partial charge in [-0.15, -0.1) is 0 Å². The molecular weight excluding hydrogens is 363 g/mol. The fraction of sp³-hybridized carbons (Fsp3) is 0.222. The Morgan fingerprint density at radius 2 is 1.80 bits per heavy atom. The Kier molecular flexibility index (Phi) is 6.67. The van der Waals surface area contributed by atoms with Gasteiger partial charge in [-0.1, -0.05) is 41.4 Å². The van der Waals surface area contributed by atoms with E-state index in [1.165, 1.54) is 6.92 Å². The Morgan fingerprint density at radius 1 is 1.12 bits per heavy atom. The maximum absolute atomic E-state index is 12.4. The predicted molar refractivity (Wildman–Crippen MR) is 99.3 cm³/mol. The lowest BCUT2D eigenvalue weighted by molar-refractivity contribution is -0.120. The van der Waals surface area contributed by atoms with Crippen molar-refractivity contribution in [3.63, 3.8) is 0 Å². The minimum atomic E-state index is -0.471. The van der Waals surface area contributed by atoms with Gasteiger partial charge in [0.05, 0.1) is 35.3 Å². The van der Waals surface area contributed by atoms with Crippen molar-refractivity contribution in [2.24, 2.45) is 0 Å². The Labute approximate surface area is 156 Å². The van der Waals surface area contributed by atoms with Crippen molar-refractivity contribution in [1.82, 2.24) is 5.32 Å². The summed E-state index contributed by atoms with van der Waals surface area (Å²) < 4.78 is 5.12. The Hall–Kier alpha value is -2.24. The van der Waals surface area contributed by atoms with Crippen LogP contribution in [-0.2, 0) is 9.59 Å². The summed E-state index contributed by atoms with van der Waals surface area (Å²) in [5, 5.41) is 6.12. The minimum Gasteiger partial charge on any atom is -0.497 e. The second-order valence-corrected chi connectivity index (χ2v) is 6.17. The highest BCUT2D eigenvalue weighted by Gasteiger charge is 2.18. The first-order chi connectivity index (χ1) is 11.9. The van der Waals surface area contributed by atoms with E-state index in [-0.39, 0.29) is 23.3 Å². The largest absolute Gasteiger partial charge is 0.497 e. The number of rotatable bonds is 6. The van der Waals surface area contributed by atoms with E-state index >= 15 is 0 Å². The molecule has 5 nitrogen and oxygen atoms in total. The van der Waals surface area contributed by atoms with Gasteiger partial charge in [-0.3, -0.25) is 9.59 Å². The number of hydrogen-bond acceptors (Lipinski definition) is 3. The first kappa shape index (κ1) is 19.1. The van der Waals surface area contributed by atoms with Gasteiger partial charge in [0.25, 0.3) is 0 Å². The summed E-state index contributed by atoms with van der Waals surface area (Å²) in [6, 6.07) is 11.7. The van der Waals surface area contributed by atoms with Gasteiger partial charge in [-0.25, -0.2) is 0 Å². The van der Waals surface area contributed by atoms with E-state index in [1.54, 1.807) is 49.6 Å². The average molecular weight is 381 g/mol. The van der Waals surface area contributed by atoms with Crippen LogP contribution in [0.1, 0.15) is 24.9 Å². The van der Waals surface area contributed by atoms with Crippen LogP contribution in [0.5, 0.6) is 5.75 Å². The summed E-state index contributed by atoms with van der Waals surface area (Å²) in [5.41, 5.74) is 1.22. The van der Waals surface area contributed by atoms with Crippen molar-refractivity contribution >= 4 is 40.7 Å². The zero-order valence-corrected chi connectivity index (χ0v) is 15.3. The molecule has 2 N–H and O–H groups in total. The number of amides is 2. The van der Waals surface area contributed by atoms with Crippen LogP contribution in [0.4, 0.5) is 5.69 Å². The van der Waals surface area contributed by atoms with Crippen LogP contribution >= 0.6 is 23.2 Å². The summed E-state index contributed by atoms with van der Waals surface area (Å²) in [6.45, 7) is 1.41. The van der Waals surface area contributed by atoms with Gasteiger partial charge in [0.1, 0.15) is 5.75 Å². The Balaban J connectivity index is 2.13. The summed E-state index contributed by atoms with van der Waals surface area (Å²) in [5.74, 6) is 0.175. The predicted octanol–water partition coefficient (Wildman–Crippen LogP) is 4.21. The summed E-state index contributed by atoms with van der Waals surface area (Å²) in [7, 11) is 1.57. The van der Waals surface area contributed by atoms with Gasteiger partial charge < -0.3 is 15.4 Å². The second-order valence-electron chi connectivity index (χ2n) is 5.38. The zero-order valence-electron chi connectivity index (χ0n) is 13.8. The molecule has 0 aliphatic rings. The molecule has 0 radical (unpaired) electrons. The molecule has 7 heteroatoms. The summed E-state index contributed by atoms with van der Waals surface area (Å²) in [6.07, 6.45) is 0.0503. The van der Waals surface area contributed by atoms with Gasteiger partial charge in [0, 0.05) is 6.92 Å². The first-order valence-corrected chi connectivity index (χ1v) is 8.31. The monoisotopic (exact) mass is 380 g/mol. The van der Waals surface area contributed by atoms with Crippen molar-refractivity contribution in [2.45, 2.75) is 19.4 Å². The van der Waals surface area contributed by atoms with E-state index in [0.717, 1.165) is 5.56 Å². The van der Waals surface area contributed by atoms with Crippen LogP contribution in [0.15, 0.2) is 42.5 Å². The quantitative estimate of drug-likeness (QED) is 0.788. The molecule has 2 aromatic carbocycles. The number of carbonyl (C=O) groups is 2. The molecule has 0 spiro atoms. The molecule has 0 heterocycles. The fourth-order valence-corrected chi connectivity index (χ4v) is 2.67. The fourth-order valence-electron chi connectivity index (χ4n) is 2.32. The number of carbonyl (C=O) groups excluding carboxylic acids is 2. The van der Waals surface area contributed by atoms with E-state index in [9.17, 15) is 9.59 Å². The van der Waals surface area contributed by atoms with E-state index in [4.69, 9.17) is 27.9 Å². The molecule has 2 aromatic rings. The molecule has 1 unspecified atom stereocenters. The van der Waals surface area contributed by atoms with Crippen molar-refractivity contribution in [3.8, 4) is 5.75 Å². The molecule has 2 rings (SSSR count). The molecule has 0 bridgehead atoms. The number of nitrogens with one attached hydrogen (secondary N) is 2. The standard InChI is InChI=1S/C18H18Cl2N2O3/c1-11(23)21-16(12-6-8-13(25-2)9-7-12)10-17(24)22-15-5-3-4-14(19)18(15)20/h3-9,16H,10H2,1-2H3,(H,21,23)(H,22,24). The topological polar surface area (TPSA) is 67.4 Å². The minimum absolute atomic E-state index is 0.0503. The highest BCUT2D eigenvalue weighted by Crippen LogP contribution is 2.30. The number of hydrogen-bond donors (Lipinski definition) is 2. The maximum Gasteiger partial charge on any atom is 0.226 e. The van der Waals surface area contributed by atoms with Crippen molar-refractivity contribution in [2.75, 3.05) is 12.4 Å². The number of ether oxygens (including phenoxy) is 1. The lowest BCUT2D eigenvalue weighted by Gasteiger charge is -2.19. The third-order valence-corrected chi connectivity index (χ3v) is 4.33. The first-order valence-electron chi connectivity index (χ1n) is 7.55. The lowest BCUT2D eigenvalue weighted by atomic mass is 10.0. The zero-order chi connectivity index (χ0) is 18.4. The van der Waals surface area contributed by atoms with Crippen LogP contribution in [-0.4, -0.2) is 18.9 Å². The third-order valence-electron chi connectivity index (χ3n) is 3.51. The van der Waals surface area contributed by atoms with E-state index < -0.39 is 6.04 Å². The number of anilines is 1. The second kappa shape index (κ2) is 8.74. The molecule has 132 valence electrons. The van der Waals surface area contributed by atoms with Crippen LogP contribution in [0, 0.1) is 0 Å². The van der Waals surface area contributed by atoms with Gasteiger partial charge in [-0.05, 0) is 29.8 Å². The molecule has 25 heavy (non-hydrogen) atoms. The van der Waals surface area contributed by atoms with Gasteiger partial charge in [-0.2, -0.15) is 0 Å². The molecule has 0 saturated heterocycles. The van der Waals surface area contributed by atoms with Crippen molar-refractivity contribution in [3.05, 3.63) is 58.1 Å². The number of halogens is 2. The summed E-state index contributed by atoms with van der Waals surface area (Å²) in [4.78, 5) is 23.9. The van der Waals surface area contributed by atoms with Crippen LogP contribution < -0.4 is 15.4 Å². The number of methoxy groups -OCH3 is 1. The van der Waals surface area contributed by atoms with Gasteiger partial charge >= 0.3 is 0 Å². The summed E-state index contributed by atoms with van der Waals surface area (Å²) >= 11 is 12.0. The maximum atomic E-state index is 12.4. The van der Waals surface area contributed by atoms with Crippen LogP contribution in [0.2, 0.25) is 10.0 Å². The van der Waals surface area contributed by atoms with Crippen LogP contribution in [0.25, 0.3) is 0 Å². The highest BCUT2D eigenvalue weighted by atomic mass is 35.5. The Morgan fingerprint density at radius 3 is 2.40 bits per heavy atom. The van der Waals surface area contributed by atoms with E-state index in [0.29, 0.717) is 16.5 Å². The normalized spacial score (nSPS) is 11.5. The Bertz CT molecular complexity index is 763. The highest BCUT2D eigenvalue weighted by molar-refractivity contribution is 6.43. The SMILES string of the molecule is COc1ccc(C(CC(=O)Nc2cccc(Cl)c2Cl)NC(C)=O)cc1. The third kappa shape index (κ3) is 5.37. The number of benzene rings is 2. The smallest absolute Gasteiger partial charge is 0.226 e. The van der Waals surface area contributed by atoms with E-state index in [2.05, 4.69) is 10.6 Å². The van der Waals surface area contributed by atoms with Gasteiger partial charge in [0.15, 0.2) is 0 Å². The van der Waals surface area contributed by atoms with Crippen LogP contribution in [0.3, 0.4) is 0 Å². The van der Waals surface area contributed by atoms with Gasteiger partial charge in [0.2, 0.25) is 11.8 Å². The molecule has 0 aromatic heterocycles. The molecule has 1 atom stereocenters. The molecule has 2 amide bonds. The lowest BCUT2D eigenvalue weighted by Crippen LogP contribution is -2.29. The van der Waals surface area contributed by atoms with E-state index in [1.807, 2.05) is 0 Å². The molecule has 0 aliphatic carbocycles.